The molecule has 2 aromatic rings. The van der Waals surface area contributed by atoms with Crippen LogP contribution >= 0.6 is 0 Å². The van der Waals surface area contributed by atoms with Gasteiger partial charge in [0, 0.05) is 44.5 Å². The second kappa shape index (κ2) is 9.28. The summed E-state index contributed by atoms with van der Waals surface area (Å²) in [6.45, 7) is 8.62. The van der Waals surface area contributed by atoms with E-state index < -0.39 is 5.91 Å². The zero-order chi connectivity index (χ0) is 22.8. The maximum absolute atomic E-state index is 14.9. The molecule has 0 bridgehead atoms. The third kappa shape index (κ3) is 4.77. The molecule has 0 saturated carbocycles. The van der Waals surface area contributed by atoms with Crippen LogP contribution in [0.2, 0.25) is 0 Å². The van der Waals surface area contributed by atoms with Gasteiger partial charge in [-0.25, -0.2) is 14.4 Å². The number of anilines is 4. The summed E-state index contributed by atoms with van der Waals surface area (Å²) in [5.41, 5.74) is 6.64. The highest BCUT2D eigenvalue weighted by Gasteiger charge is 2.26. The number of rotatable bonds is 5. The molecule has 0 aliphatic carbocycles. The molecule has 2 saturated heterocycles. The zero-order valence-electron chi connectivity index (χ0n) is 19.0. The average molecular weight is 442 g/mol. The standard InChI is InChI=1S/C23H32FN7O/c1-15-4-5-16(2)31(14-15)20-13-26-21(22(25)32)23(28-20)27-17-6-7-19(18(24)12-17)30-10-8-29(3)9-11-30/h6-7,12-13,15-16H,4-5,8-11,14H2,1-3H3,(H2,25,32)(H,27,28)/t15-,16?/m0/s1. The molecule has 2 aliphatic rings. The van der Waals surface area contributed by atoms with Gasteiger partial charge in [0.2, 0.25) is 0 Å². The molecule has 1 amide bonds. The van der Waals surface area contributed by atoms with E-state index in [1.165, 1.54) is 12.5 Å². The number of halogens is 1. The summed E-state index contributed by atoms with van der Waals surface area (Å²) in [4.78, 5) is 27.4. The number of carbonyl (C=O) groups is 1. The number of amides is 1. The molecule has 32 heavy (non-hydrogen) atoms. The van der Waals surface area contributed by atoms with Gasteiger partial charge in [-0.05, 0) is 50.9 Å². The number of hydrogen-bond donors (Lipinski definition) is 2. The monoisotopic (exact) mass is 441 g/mol. The number of hydrogen-bond acceptors (Lipinski definition) is 7. The molecule has 9 heteroatoms. The van der Waals surface area contributed by atoms with Crippen LogP contribution in [0, 0.1) is 11.7 Å². The Bertz CT molecular complexity index is 977. The van der Waals surface area contributed by atoms with Crippen LogP contribution in [-0.4, -0.2) is 66.6 Å². The lowest BCUT2D eigenvalue weighted by atomic mass is 9.95. The van der Waals surface area contributed by atoms with Crippen LogP contribution in [0.25, 0.3) is 0 Å². The molecule has 8 nitrogen and oxygen atoms in total. The summed E-state index contributed by atoms with van der Waals surface area (Å²) in [6.07, 6.45) is 3.84. The Morgan fingerprint density at radius 2 is 1.94 bits per heavy atom. The number of likely N-dealkylation sites (N-methyl/N-ethyl adjacent to an activating group) is 1. The van der Waals surface area contributed by atoms with E-state index in [-0.39, 0.29) is 17.3 Å². The van der Waals surface area contributed by atoms with Crippen molar-refractivity contribution in [3.63, 3.8) is 0 Å². The van der Waals surface area contributed by atoms with E-state index in [2.05, 4.69) is 46.0 Å². The Hall–Kier alpha value is -2.94. The van der Waals surface area contributed by atoms with Crippen molar-refractivity contribution in [3.8, 4) is 0 Å². The van der Waals surface area contributed by atoms with Crippen LogP contribution in [0.1, 0.15) is 37.2 Å². The van der Waals surface area contributed by atoms with E-state index >= 15 is 0 Å². The largest absolute Gasteiger partial charge is 0.367 e. The van der Waals surface area contributed by atoms with Gasteiger partial charge in [-0.3, -0.25) is 4.79 Å². The Morgan fingerprint density at radius 3 is 2.62 bits per heavy atom. The fourth-order valence-corrected chi connectivity index (χ4v) is 4.42. The van der Waals surface area contributed by atoms with E-state index in [9.17, 15) is 9.18 Å². The zero-order valence-corrected chi connectivity index (χ0v) is 19.0. The predicted molar refractivity (Wildman–Crippen MR) is 125 cm³/mol. The molecule has 1 aromatic carbocycles. The maximum atomic E-state index is 14.9. The molecule has 4 rings (SSSR count). The number of primary amides is 1. The molecular weight excluding hydrogens is 409 g/mol. The summed E-state index contributed by atoms with van der Waals surface area (Å²) < 4.78 is 14.9. The summed E-state index contributed by atoms with van der Waals surface area (Å²) in [6, 6.07) is 5.31. The first-order valence-electron chi connectivity index (χ1n) is 11.3. The Balaban J connectivity index is 1.58. The Labute approximate surface area is 188 Å². The molecule has 3 heterocycles. The number of aromatic nitrogens is 2. The van der Waals surface area contributed by atoms with Crippen molar-refractivity contribution in [2.45, 2.75) is 32.7 Å². The van der Waals surface area contributed by atoms with Crippen LogP contribution in [0.5, 0.6) is 0 Å². The van der Waals surface area contributed by atoms with Crippen molar-refractivity contribution in [3.05, 3.63) is 35.9 Å². The van der Waals surface area contributed by atoms with E-state index in [0.717, 1.165) is 39.1 Å². The lowest BCUT2D eigenvalue weighted by Gasteiger charge is -2.37. The van der Waals surface area contributed by atoms with Gasteiger partial charge in [0.15, 0.2) is 11.5 Å². The quantitative estimate of drug-likeness (QED) is 0.737. The number of benzene rings is 1. The first-order valence-corrected chi connectivity index (χ1v) is 11.3. The molecule has 0 radical (unpaired) electrons. The van der Waals surface area contributed by atoms with Gasteiger partial charge in [0.05, 0.1) is 11.9 Å². The molecule has 1 unspecified atom stereocenters. The molecule has 2 aliphatic heterocycles. The molecular formula is C23H32FN7O. The Kier molecular flexibility index (Phi) is 6.45. The summed E-state index contributed by atoms with van der Waals surface area (Å²) in [7, 11) is 2.07. The van der Waals surface area contributed by atoms with Gasteiger partial charge in [0.1, 0.15) is 11.6 Å². The van der Waals surface area contributed by atoms with E-state index in [1.54, 1.807) is 18.3 Å². The van der Waals surface area contributed by atoms with Gasteiger partial charge in [-0.2, -0.15) is 0 Å². The van der Waals surface area contributed by atoms with E-state index in [1.807, 2.05) is 4.90 Å². The highest BCUT2D eigenvalue weighted by molar-refractivity contribution is 5.96. The van der Waals surface area contributed by atoms with Gasteiger partial charge >= 0.3 is 0 Å². The van der Waals surface area contributed by atoms with Crippen LogP contribution in [0.15, 0.2) is 24.4 Å². The number of nitrogens with one attached hydrogen (secondary N) is 1. The molecule has 2 fully saturated rings. The lowest BCUT2D eigenvalue weighted by Crippen LogP contribution is -2.44. The lowest BCUT2D eigenvalue weighted by molar-refractivity contribution is 0.0996. The number of piperazine rings is 1. The van der Waals surface area contributed by atoms with Crippen molar-refractivity contribution in [2.24, 2.45) is 11.7 Å². The molecule has 0 spiro atoms. The molecule has 172 valence electrons. The third-order valence-electron chi connectivity index (χ3n) is 6.46. The van der Waals surface area contributed by atoms with Crippen molar-refractivity contribution in [1.29, 1.82) is 0 Å². The molecule has 1 aromatic heterocycles. The number of nitrogens with two attached hydrogens (primary N) is 1. The molecule has 3 N–H and O–H groups in total. The normalized spacial score (nSPS) is 22.1. The second-order valence-electron chi connectivity index (χ2n) is 9.06. The van der Waals surface area contributed by atoms with Crippen LogP contribution in [-0.2, 0) is 0 Å². The highest BCUT2D eigenvalue weighted by atomic mass is 19.1. The first kappa shape index (κ1) is 22.3. The minimum Gasteiger partial charge on any atom is -0.367 e. The summed E-state index contributed by atoms with van der Waals surface area (Å²) in [5.74, 6) is 0.485. The topological polar surface area (TPSA) is 90.6 Å². The Morgan fingerprint density at radius 1 is 1.19 bits per heavy atom. The minimum absolute atomic E-state index is 0.0370. The number of carbonyl (C=O) groups excluding carboxylic acids is 1. The number of piperidine rings is 1. The van der Waals surface area contributed by atoms with Crippen molar-refractivity contribution in [2.75, 3.05) is 54.9 Å². The maximum Gasteiger partial charge on any atom is 0.271 e. The highest BCUT2D eigenvalue weighted by Crippen LogP contribution is 2.29. The first-order chi connectivity index (χ1) is 15.3. The average Bonchev–Trinajstić information content (AvgIpc) is 2.76. The number of nitrogens with zero attached hydrogens (tertiary/aromatic N) is 5. The smallest absolute Gasteiger partial charge is 0.271 e. The van der Waals surface area contributed by atoms with Gasteiger partial charge < -0.3 is 25.8 Å². The van der Waals surface area contributed by atoms with Crippen molar-refractivity contribution >= 4 is 28.9 Å². The van der Waals surface area contributed by atoms with Crippen LogP contribution < -0.4 is 20.9 Å². The van der Waals surface area contributed by atoms with Crippen molar-refractivity contribution in [1.82, 2.24) is 14.9 Å². The van der Waals surface area contributed by atoms with Gasteiger partial charge in [0.25, 0.3) is 5.91 Å². The van der Waals surface area contributed by atoms with Gasteiger partial charge in [-0.15, -0.1) is 0 Å². The fourth-order valence-electron chi connectivity index (χ4n) is 4.42. The molecule has 2 atom stereocenters. The van der Waals surface area contributed by atoms with Crippen LogP contribution in [0.4, 0.5) is 27.4 Å². The minimum atomic E-state index is -0.680. The SMILES string of the molecule is CC1CC[C@H](C)CN1c1cnc(C(N)=O)c(Nc2ccc(N3CCN(C)CC3)c(F)c2)n1. The van der Waals surface area contributed by atoms with Gasteiger partial charge in [-0.1, -0.05) is 6.92 Å². The van der Waals surface area contributed by atoms with E-state index in [4.69, 9.17) is 5.73 Å². The predicted octanol–water partition coefficient (Wildman–Crippen LogP) is 2.83. The summed E-state index contributed by atoms with van der Waals surface area (Å²) in [5, 5.41) is 3.07. The fraction of sp³-hybridized carbons (Fsp3) is 0.522. The summed E-state index contributed by atoms with van der Waals surface area (Å²) >= 11 is 0. The van der Waals surface area contributed by atoms with Crippen molar-refractivity contribution < 1.29 is 9.18 Å². The third-order valence-corrected chi connectivity index (χ3v) is 6.46. The second-order valence-corrected chi connectivity index (χ2v) is 9.06. The van der Waals surface area contributed by atoms with Crippen LogP contribution in [0.3, 0.4) is 0 Å². The van der Waals surface area contributed by atoms with E-state index in [0.29, 0.717) is 29.2 Å².